The van der Waals surface area contributed by atoms with Gasteiger partial charge in [0.2, 0.25) is 5.78 Å². The average molecular weight is 943 g/mol. The van der Waals surface area contributed by atoms with Crippen LogP contribution in [0.2, 0.25) is 0 Å². The van der Waals surface area contributed by atoms with Crippen LogP contribution >= 0.6 is 23.5 Å². The maximum absolute atomic E-state index is 15.3. The van der Waals surface area contributed by atoms with E-state index in [9.17, 15) is 24.6 Å². The fourth-order valence-corrected chi connectivity index (χ4v) is 10.4. The summed E-state index contributed by atoms with van der Waals surface area (Å²) < 4.78 is 36.5. The van der Waals surface area contributed by atoms with Crippen LogP contribution < -0.4 is 10.6 Å². The van der Waals surface area contributed by atoms with E-state index in [0.29, 0.717) is 22.8 Å². The molecule has 0 radical (unpaired) electrons. The summed E-state index contributed by atoms with van der Waals surface area (Å²) in [6, 6.07) is 6.75. The Morgan fingerprint density at radius 3 is 2.64 bits per heavy atom. The summed E-state index contributed by atoms with van der Waals surface area (Å²) in [5.74, 6) is 10.2. The van der Waals surface area contributed by atoms with Crippen LogP contribution in [0.4, 0.5) is 4.79 Å². The quantitative estimate of drug-likeness (QED) is 0.0858. The first-order valence-electron chi connectivity index (χ1n) is 21.5. The third kappa shape index (κ3) is 10.4. The number of Topliss-reactive ketones (excluding diaryl/α,β-unsaturated/α-hetero) is 2. The van der Waals surface area contributed by atoms with Gasteiger partial charge in [-0.1, -0.05) is 55.4 Å². The Kier molecular flexibility index (Phi) is 15.8. The molecule has 2 fully saturated rings. The van der Waals surface area contributed by atoms with Crippen molar-refractivity contribution < 1.29 is 57.8 Å². The number of benzene rings is 1. The first-order chi connectivity index (χ1) is 31.7. The average Bonchev–Trinajstić information content (AvgIpc) is 3.66. The molecule has 4 heterocycles. The second kappa shape index (κ2) is 21.3. The molecule has 66 heavy (non-hydrogen) atoms. The Morgan fingerprint density at radius 1 is 1.12 bits per heavy atom. The van der Waals surface area contributed by atoms with E-state index < -0.39 is 66.0 Å². The van der Waals surface area contributed by atoms with Crippen molar-refractivity contribution in [2.24, 2.45) is 5.92 Å². The molecule has 0 bridgehead atoms. The molecule has 5 N–H and O–H groups in total. The number of H-pyrrole nitrogens is 1. The van der Waals surface area contributed by atoms with Gasteiger partial charge in [-0.05, 0) is 55.2 Å². The van der Waals surface area contributed by atoms with Crippen molar-refractivity contribution >= 4 is 68.1 Å². The number of pyridine rings is 1. The SMILES string of the molecule is COC(=O)NC1=C2C#C/C=C\C#C[C@H](OC3OC(C)C(SC)(C(=O)c4nccc5c4[nH]c4ccc(O)cc45)CC3OC3CC(OC)C(NC(C)C)CO3)C2/C(=C\CSC(C)=O)[C@@H](O)CC1=O. The van der Waals surface area contributed by atoms with E-state index in [4.69, 9.17) is 28.4 Å². The fraction of sp³-hybridized carbons (Fsp3) is 0.479. The molecular formula is C48H54N4O12S2. The number of phenolic OH excluding ortho intramolecular Hbond substituents is 1. The monoisotopic (exact) mass is 942 g/mol. The number of aromatic amines is 1. The normalized spacial score (nSPS) is 30.0. The lowest BCUT2D eigenvalue weighted by Crippen LogP contribution is -2.60. The summed E-state index contributed by atoms with van der Waals surface area (Å²) in [7, 11) is 2.78. The number of carbonyl (C=O) groups is 4. The summed E-state index contributed by atoms with van der Waals surface area (Å²) in [5.41, 5.74) is 1.55. The van der Waals surface area contributed by atoms with Crippen LogP contribution in [0, 0.1) is 29.6 Å². The number of aliphatic hydroxyl groups is 1. The zero-order valence-corrected chi connectivity index (χ0v) is 39.3. The Hall–Kier alpha value is -4.99. The topological polar surface area (TPSA) is 217 Å². The number of rotatable bonds is 13. The number of thioether (sulfide) groups is 2. The Morgan fingerprint density at radius 2 is 1.91 bits per heavy atom. The number of allylic oxidation sites excluding steroid dienone is 3. The molecular weight excluding hydrogens is 889 g/mol. The number of nitrogens with zero attached hydrogens (tertiary/aromatic N) is 1. The third-order valence-corrected chi connectivity index (χ3v) is 14.2. The van der Waals surface area contributed by atoms with Gasteiger partial charge in [0.15, 0.2) is 23.5 Å². The van der Waals surface area contributed by atoms with E-state index in [0.717, 1.165) is 24.3 Å². The van der Waals surface area contributed by atoms with Crippen molar-refractivity contribution in [3.05, 3.63) is 71.2 Å². The number of aromatic nitrogens is 2. The molecule has 3 aromatic rings. The predicted octanol–water partition coefficient (Wildman–Crippen LogP) is 5.08. The van der Waals surface area contributed by atoms with E-state index in [2.05, 4.69) is 44.3 Å². The van der Waals surface area contributed by atoms with Crippen molar-refractivity contribution in [3.63, 3.8) is 0 Å². The van der Waals surface area contributed by atoms with E-state index in [1.807, 2.05) is 20.1 Å². The van der Waals surface area contributed by atoms with Crippen molar-refractivity contribution in [3.8, 4) is 29.4 Å². The smallest absolute Gasteiger partial charge is 0.411 e. The first-order valence-corrected chi connectivity index (χ1v) is 23.8. The maximum atomic E-state index is 15.3. The zero-order chi connectivity index (χ0) is 47.3. The van der Waals surface area contributed by atoms with Crippen molar-refractivity contribution in [1.29, 1.82) is 0 Å². The van der Waals surface area contributed by atoms with E-state index in [-0.39, 0.29) is 76.2 Å². The molecule has 7 rings (SSSR count). The Labute approximate surface area is 391 Å². The summed E-state index contributed by atoms with van der Waals surface area (Å²) in [6.45, 7) is 7.53. The van der Waals surface area contributed by atoms with Crippen LogP contribution in [-0.2, 0) is 38.0 Å². The summed E-state index contributed by atoms with van der Waals surface area (Å²) in [4.78, 5) is 61.9. The molecule has 18 heteroatoms. The Balaban J connectivity index is 1.32. The number of ether oxygens (including phenoxy) is 6. The first kappa shape index (κ1) is 48.9. The van der Waals surface area contributed by atoms with Gasteiger partial charge in [-0.2, -0.15) is 0 Å². The molecule has 2 aliphatic carbocycles. The predicted molar refractivity (Wildman–Crippen MR) is 249 cm³/mol. The second-order valence-electron chi connectivity index (χ2n) is 16.6. The van der Waals surface area contributed by atoms with Gasteiger partial charge in [-0.25, -0.2) is 4.79 Å². The number of phenols is 1. The van der Waals surface area contributed by atoms with Gasteiger partial charge in [0.05, 0.1) is 55.2 Å². The molecule has 2 saturated heterocycles. The number of aliphatic hydroxyl groups excluding tert-OH is 1. The van der Waals surface area contributed by atoms with Gasteiger partial charge >= 0.3 is 6.09 Å². The minimum atomic E-state index is -1.40. The standard InChI is InChI=1S/C48H54N4O12S2/c1-25(2)50-34-24-61-40(22-38(34)59-5)63-39-23-48(65-7,45(57)44-43-29(16-18-49-44)32-20-28(54)14-15-33(32)51-43)26(3)62-46(39)64-37-13-11-9-8-10-12-31-41(37)30(17-19-66-27(4)53)35(55)21-36(56)42(31)52-47(58)60-6/h8-9,14-18,20,25-26,34-35,37-41,46,50-51,54-55H,19,21-24H2,1-7H3,(H,52,58)/b9-8-,30-17-/t26?,34?,35-,37-,38?,39?,40?,41?,46?,48?/m0/s1. The molecule has 0 spiro atoms. The number of nitrogens with one attached hydrogen (secondary N) is 3. The zero-order valence-electron chi connectivity index (χ0n) is 37.7. The molecule has 2 aromatic heterocycles. The Bertz CT molecular complexity index is 2590. The summed E-state index contributed by atoms with van der Waals surface area (Å²) in [6.07, 6.45) is 0.0973. The van der Waals surface area contributed by atoms with Gasteiger partial charge in [-0.3, -0.25) is 24.7 Å². The number of alkyl carbamates (subject to hydrolysis) is 1. The van der Waals surface area contributed by atoms with E-state index in [1.54, 1.807) is 50.6 Å². The molecule has 10 atom stereocenters. The molecule has 2 aliphatic heterocycles. The molecule has 16 nitrogen and oxygen atoms in total. The molecule has 1 amide bonds. The highest BCUT2D eigenvalue weighted by Crippen LogP contribution is 2.46. The minimum absolute atomic E-state index is 0.0323. The number of hydrogen-bond donors (Lipinski definition) is 5. The number of aromatic hydroxyl groups is 1. The van der Waals surface area contributed by atoms with E-state index in [1.165, 1.54) is 30.8 Å². The van der Waals surface area contributed by atoms with Crippen LogP contribution in [0.3, 0.4) is 0 Å². The van der Waals surface area contributed by atoms with Gasteiger partial charge in [0, 0.05) is 73.1 Å². The van der Waals surface area contributed by atoms with Crippen molar-refractivity contribution in [2.45, 2.75) is 107 Å². The third-order valence-electron chi connectivity index (χ3n) is 12.0. The lowest BCUT2D eigenvalue weighted by molar-refractivity contribution is -0.305. The van der Waals surface area contributed by atoms with Gasteiger partial charge in [0.25, 0.3) is 0 Å². The van der Waals surface area contributed by atoms with Crippen LogP contribution in [-0.4, -0.2) is 136 Å². The second-order valence-corrected chi connectivity index (χ2v) is 18.9. The van der Waals surface area contributed by atoms with Crippen molar-refractivity contribution in [1.82, 2.24) is 20.6 Å². The van der Waals surface area contributed by atoms with Crippen LogP contribution in [0.5, 0.6) is 5.75 Å². The van der Waals surface area contributed by atoms with Gasteiger partial charge in [0.1, 0.15) is 28.4 Å². The largest absolute Gasteiger partial charge is 0.508 e. The van der Waals surface area contributed by atoms with Crippen molar-refractivity contribution in [2.75, 3.05) is 32.8 Å². The molecule has 350 valence electrons. The molecule has 1 aromatic carbocycles. The fourth-order valence-electron chi connectivity index (χ4n) is 8.89. The molecule has 4 aliphatic rings. The van der Waals surface area contributed by atoms with Gasteiger partial charge in [-0.15, -0.1) is 11.8 Å². The minimum Gasteiger partial charge on any atom is -0.508 e. The highest BCUT2D eigenvalue weighted by molar-refractivity contribution is 8.13. The van der Waals surface area contributed by atoms with Crippen LogP contribution in [0.15, 0.2) is 65.5 Å². The number of carbonyl (C=O) groups excluding carboxylic acids is 4. The number of methoxy groups -OCH3 is 2. The maximum Gasteiger partial charge on any atom is 0.411 e. The lowest BCUT2D eigenvalue weighted by atomic mass is 9.83. The van der Waals surface area contributed by atoms with Crippen LogP contribution in [0.25, 0.3) is 21.8 Å². The number of amides is 1. The highest BCUT2D eigenvalue weighted by atomic mass is 32.2. The summed E-state index contributed by atoms with van der Waals surface area (Å²) >= 11 is 2.30. The highest BCUT2D eigenvalue weighted by Gasteiger charge is 2.55. The van der Waals surface area contributed by atoms with Gasteiger partial charge < -0.3 is 48.9 Å². The lowest BCUT2D eigenvalue weighted by Gasteiger charge is -2.48. The number of fused-ring (bicyclic) bond motifs is 4. The molecule has 8 unspecified atom stereocenters. The van der Waals surface area contributed by atoms with Crippen LogP contribution in [0.1, 0.15) is 57.4 Å². The number of ketones is 2. The van der Waals surface area contributed by atoms with E-state index >= 15 is 4.79 Å². The summed E-state index contributed by atoms with van der Waals surface area (Å²) in [5, 5.41) is 29.3. The number of hydrogen-bond acceptors (Lipinski definition) is 16. The molecule has 0 saturated carbocycles.